The van der Waals surface area contributed by atoms with Crippen LogP contribution >= 0.6 is 0 Å². The van der Waals surface area contributed by atoms with Gasteiger partial charge in [-0.05, 0) is 39.2 Å². The normalized spacial score (nSPS) is 18.6. The summed E-state index contributed by atoms with van der Waals surface area (Å²) in [6.07, 6.45) is 9.45. The van der Waals surface area contributed by atoms with Crippen LogP contribution in [0.2, 0.25) is 0 Å². The molecule has 92 valence electrons. The van der Waals surface area contributed by atoms with Crippen molar-refractivity contribution in [1.29, 1.82) is 0 Å². The largest absolute Gasteiger partial charge is 0.347 e. The molecule has 0 bridgehead atoms. The van der Waals surface area contributed by atoms with Crippen molar-refractivity contribution >= 4 is 5.91 Å². The third kappa shape index (κ3) is 3.97. The van der Waals surface area contributed by atoms with E-state index < -0.39 is 0 Å². The second-order valence-corrected chi connectivity index (χ2v) is 4.74. The van der Waals surface area contributed by atoms with Gasteiger partial charge in [-0.2, -0.15) is 0 Å². The van der Waals surface area contributed by atoms with Crippen LogP contribution < -0.4 is 5.32 Å². The van der Waals surface area contributed by atoms with Crippen LogP contribution in [-0.4, -0.2) is 38.0 Å². The Labute approximate surface area is 98.9 Å². The summed E-state index contributed by atoms with van der Waals surface area (Å²) in [5.74, 6) is 0.174. The first-order valence-electron chi connectivity index (χ1n) is 6.21. The maximum Gasteiger partial charge on any atom is 0.239 e. The fourth-order valence-corrected chi connectivity index (χ4v) is 2.15. The second-order valence-electron chi connectivity index (χ2n) is 4.74. The van der Waals surface area contributed by atoms with Crippen LogP contribution in [0.1, 0.15) is 38.5 Å². The van der Waals surface area contributed by atoms with Crippen molar-refractivity contribution in [3.63, 3.8) is 0 Å². The van der Waals surface area contributed by atoms with Gasteiger partial charge in [0.25, 0.3) is 0 Å². The lowest BCUT2D eigenvalue weighted by molar-refractivity contribution is -0.130. The van der Waals surface area contributed by atoms with E-state index in [0.29, 0.717) is 0 Å². The van der Waals surface area contributed by atoms with Gasteiger partial charge in [0.2, 0.25) is 5.91 Å². The zero-order chi connectivity index (χ0) is 12.0. The maximum atomic E-state index is 11.9. The molecule has 0 heterocycles. The maximum absolute atomic E-state index is 11.9. The number of nitrogens with one attached hydrogen (secondary N) is 1. The molecule has 1 unspecified atom stereocenters. The Morgan fingerprint density at radius 3 is 2.81 bits per heavy atom. The average Bonchev–Trinajstić information content (AvgIpc) is 2.53. The minimum Gasteiger partial charge on any atom is -0.347 e. The van der Waals surface area contributed by atoms with E-state index in [-0.39, 0.29) is 11.9 Å². The Balaban J connectivity index is 2.54. The number of likely N-dealkylation sites (N-methyl/N-ethyl adjacent to an activating group) is 2. The predicted molar refractivity (Wildman–Crippen MR) is 67.3 cm³/mol. The summed E-state index contributed by atoms with van der Waals surface area (Å²) in [4.78, 5) is 13.5. The number of rotatable bonds is 4. The van der Waals surface area contributed by atoms with Crippen LogP contribution in [0, 0.1) is 0 Å². The molecule has 1 rings (SSSR count). The highest BCUT2D eigenvalue weighted by atomic mass is 16.2. The molecule has 1 aliphatic carbocycles. The van der Waals surface area contributed by atoms with Gasteiger partial charge in [0.1, 0.15) is 0 Å². The van der Waals surface area contributed by atoms with Gasteiger partial charge in [0, 0.05) is 14.1 Å². The Bertz CT molecular complexity index is 259. The molecule has 0 aliphatic heterocycles. The van der Waals surface area contributed by atoms with Crippen LogP contribution in [0.4, 0.5) is 0 Å². The van der Waals surface area contributed by atoms with E-state index >= 15 is 0 Å². The van der Waals surface area contributed by atoms with Gasteiger partial charge in [-0.1, -0.05) is 18.1 Å². The molecular weight excluding hydrogens is 200 g/mol. The fraction of sp³-hybridized carbons (Fsp3) is 0.769. The van der Waals surface area contributed by atoms with Gasteiger partial charge in [-0.25, -0.2) is 0 Å². The van der Waals surface area contributed by atoms with E-state index in [1.807, 2.05) is 21.1 Å². The van der Waals surface area contributed by atoms with Crippen LogP contribution in [0.3, 0.4) is 0 Å². The summed E-state index contributed by atoms with van der Waals surface area (Å²) in [5, 5.41) is 3.12. The summed E-state index contributed by atoms with van der Waals surface area (Å²) in [5.41, 5.74) is 1.45. The van der Waals surface area contributed by atoms with Crippen LogP contribution in [0.15, 0.2) is 11.6 Å². The van der Waals surface area contributed by atoms with Crippen molar-refractivity contribution < 1.29 is 4.79 Å². The van der Waals surface area contributed by atoms with E-state index in [2.05, 4.69) is 11.4 Å². The molecule has 0 fully saturated rings. The second kappa shape index (κ2) is 6.69. The van der Waals surface area contributed by atoms with Crippen molar-refractivity contribution in [2.24, 2.45) is 0 Å². The van der Waals surface area contributed by atoms with Crippen molar-refractivity contribution in [1.82, 2.24) is 10.2 Å². The minimum atomic E-state index is -0.0562. The molecule has 0 aromatic carbocycles. The summed E-state index contributed by atoms with van der Waals surface area (Å²) < 4.78 is 0. The lowest BCUT2D eigenvalue weighted by atomic mass is 10.0. The Morgan fingerprint density at radius 1 is 1.44 bits per heavy atom. The van der Waals surface area contributed by atoms with Gasteiger partial charge in [-0.15, -0.1) is 0 Å². The Morgan fingerprint density at radius 2 is 2.19 bits per heavy atom. The van der Waals surface area contributed by atoms with Gasteiger partial charge >= 0.3 is 0 Å². The average molecular weight is 224 g/mol. The van der Waals surface area contributed by atoms with Gasteiger partial charge in [-0.3, -0.25) is 4.79 Å². The van der Waals surface area contributed by atoms with E-state index in [9.17, 15) is 4.79 Å². The number of hydrogen-bond acceptors (Lipinski definition) is 2. The molecule has 3 nitrogen and oxygen atoms in total. The Kier molecular flexibility index (Phi) is 5.53. The summed E-state index contributed by atoms with van der Waals surface area (Å²) >= 11 is 0. The molecule has 1 amide bonds. The first-order valence-corrected chi connectivity index (χ1v) is 6.21. The van der Waals surface area contributed by atoms with Gasteiger partial charge in [0.05, 0.1) is 6.04 Å². The highest BCUT2D eigenvalue weighted by Crippen LogP contribution is 2.21. The van der Waals surface area contributed by atoms with Crippen LogP contribution in [0.5, 0.6) is 0 Å². The smallest absolute Gasteiger partial charge is 0.239 e. The molecule has 0 radical (unpaired) electrons. The number of carbonyl (C=O) groups is 1. The molecule has 16 heavy (non-hydrogen) atoms. The zero-order valence-electron chi connectivity index (χ0n) is 10.8. The molecular formula is C13H24N2O. The predicted octanol–water partition coefficient (Wildman–Crippen LogP) is 1.94. The lowest BCUT2D eigenvalue weighted by Gasteiger charge is -2.21. The summed E-state index contributed by atoms with van der Waals surface area (Å²) in [7, 11) is 5.49. The van der Waals surface area contributed by atoms with Crippen LogP contribution in [0.25, 0.3) is 0 Å². The van der Waals surface area contributed by atoms with E-state index in [0.717, 1.165) is 6.42 Å². The first-order chi connectivity index (χ1) is 7.65. The fourth-order valence-electron chi connectivity index (χ4n) is 2.15. The molecule has 1 N–H and O–H groups in total. The quantitative estimate of drug-likeness (QED) is 0.740. The summed E-state index contributed by atoms with van der Waals surface area (Å²) in [6, 6.07) is -0.0562. The third-order valence-corrected chi connectivity index (χ3v) is 3.19. The number of allylic oxidation sites excluding steroid dienone is 1. The standard InChI is InChI=1S/C13H24N2O/c1-14-12(13(16)15(2)3)10-11-8-6-4-5-7-9-11/h8,12,14H,4-7,9-10H2,1-3H3. The number of amides is 1. The first kappa shape index (κ1) is 13.2. The van der Waals surface area contributed by atoms with Gasteiger partial charge in [0.15, 0.2) is 0 Å². The molecule has 0 aromatic heterocycles. The highest BCUT2D eigenvalue weighted by molar-refractivity contribution is 5.81. The Hall–Kier alpha value is -0.830. The number of hydrogen-bond donors (Lipinski definition) is 1. The highest BCUT2D eigenvalue weighted by Gasteiger charge is 2.19. The SMILES string of the molecule is CNC(CC1=CCCCCC1)C(=O)N(C)C. The minimum absolute atomic E-state index is 0.0562. The van der Waals surface area contributed by atoms with E-state index in [1.54, 1.807) is 4.90 Å². The molecule has 1 atom stereocenters. The molecule has 0 aromatic rings. The summed E-state index contributed by atoms with van der Waals surface area (Å²) in [6.45, 7) is 0. The van der Waals surface area contributed by atoms with Crippen molar-refractivity contribution in [3.05, 3.63) is 11.6 Å². The lowest BCUT2D eigenvalue weighted by Crippen LogP contribution is -2.42. The molecule has 3 heteroatoms. The topological polar surface area (TPSA) is 32.3 Å². The third-order valence-electron chi connectivity index (χ3n) is 3.19. The zero-order valence-corrected chi connectivity index (χ0v) is 10.8. The van der Waals surface area contributed by atoms with E-state index in [4.69, 9.17) is 0 Å². The van der Waals surface area contributed by atoms with Crippen molar-refractivity contribution in [2.75, 3.05) is 21.1 Å². The van der Waals surface area contributed by atoms with Crippen LogP contribution in [-0.2, 0) is 4.79 Å². The van der Waals surface area contributed by atoms with Gasteiger partial charge < -0.3 is 10.2 Å². The monoisotopic (exact) mass is 224 g/mol. The van der Waals surface area contributed by atoms with Crippen molar-refractivity contribution in [2.45, 2.75) is 44.6 Å². The van der Waals surface area contributed by atoms with E-state index in [1.165, 1.54) is 37.7 Å². The molecule has 1 aliphatic rings. The molecule has 0 spiro atoms. The molecule has 0 saturated carbocycles. The number of carbonyl (C=O) groups excluding carboxylic acids is 1. The van der Waals surface area contributed by atoms with Crippen molar-refractivity contribution in [3.8, 4) is 0 Å². The molecule has 0 saturated heterocycles. The number of nitrogens with zero attached hydrogens (tertiary/aromatic N) is 1.